The van der Waals surface area contributed by atoms with Crippen molar-refractivity contribution >= 4 is 39.9 Å². The van der Waals surface area contributed by atoms with Crippen LogP contribution in [0.25, 0.3) is 0 Å². The number of hydrogen-bond acceptors (Lipinski definition) is 4. The van der Waals surface area contributed by atoms with Gasteiger partial charge in [-0.15, -0.1) is 0 Å². The Bertz CT molecular complexity index is 600. The lowest BCUT2D eigenvalue weighted by atomic mass is 9.80. The van der Waals surface area contributed by atoms with E-state index in [1.165, 1.54) is 6.07 Å². The predicted octanol–water partition coefficient (Wildman–Crippen LogP) is 3.03. The fourth-order valence-electron chi connectivity index (χ4n) is 2.38. The fourth-order valence-corrected chi connectivity index (χ4v) is 2.83. The van der Waals surface area contributed by atoms with Crippen LogP contribution in [-0.2, 0) is 4.79 Å². The van der Waals surface area contributed by atoms with Gasteiger partial charge in [0.2, 0.25) is 0 Å². The van der Waals surface area contributed by atoms with Crippen LogP contribution in [0.2, 0.25) is 0 Å². The van der Waals surface area contributed by atoms with Crippen molar-refractivity contribution in [3.05, 3.63) is 31.6 Å². The molecule has 1 aromatic rings. The Morgan fingerprint density at radius 3 is 2.52 bits per heavy atom. The number of aliphatic carboxylic acids is 1. The maximum absolute atomic E-state index is 13.7. The van der Waals surface area contributed by atoms with Crippen LogP contribution in [0.5, 0.6) is 0 Å². The third-order valence-corrected chi connectivity index (χ3v) is 4.76. The number of rotatable bonds is 3. The number of nitro benzene ring substituents is 1. The van der Waals surface area contributed by atoms with Gasteiger partial charge in [-0.1, -0.05) is 0 Å². The quantitative estimate of drug-likeness (QED) is 0.472. The average Bonchev–Trinajstić information content (AvgIpc) is 2.42. The minimum Gasteiger partial charge on any atom is -0.481 e. The molecule has 114 valence electrons. The summed E-state index contributed by atoms with van der Waals surface area (Å²) in [7, 11) is 0. The number of carboxylic acids is 1. The van der Waals surface area contributed by atoms with Crippen molar-refractivity contribution < 1.29 is 19.2 Å². The Balaban J connectivity index is 2.30. The van der Waals surface area contributed by atoms with Gasteiger partial charge in [0, 0.05) is 25.2 Å². The van der Waals surface area contributed by atoms with Gasteiger partial charge in [-0.3, -0.25) is 14.9 Å². The minimum atomic E-state index is -0.870. The van der Waals surface area contributed by atoms with Gasteiger partial charge in [0.05, 0.1) is 13.9 Å². The highest BCUT2D eigenvalue weighted by molar-refractivity contribution is 14.1. The molecule has 1 fully saturated rings. The Kier molecular flexibility index (Phi) is 4.35. The molecule has 1 aromatic carbocycles. The number of hydrogen-bond donors (Lipinski definition) is 1. The van der Waals surface area contributed by atoms with Gasteiger partial charge in [-0.25, -0.2) is 4.39 Å². The molecule has 0 saturated carbocycles. The van der Waals surface area contributed by atoms with E-state index in [0.29, 0.717) is 25.9 Å². The molecule has 0 bridgehead atoms. The summed E-state index contributed by atoms with van der Waals surface area (Å²) >= 11 is 1.71. The number of carbonyl (C=O) groups is 1. The molecule has 0 atom stereocenters. The molecule has 1 heterocycles. The lowest BCUT2D eigenvalue weighted by molar-refractivity contribution is -0.384. The Morgan fingerprint density at radius 2 is 2.05 bits per heavy atom. The first-order chi connectivity index (χ1) is 9.74. The van der Waals surface area contributed by atoms with Crippen molar-refractivity contribution in [1.29, 1.82) is 0 Å². The van der Waals surface area contributed by atoms with E-state index < -0.39 is 22.1 Å². The van der Waals surface area contributed by atoms with Crippen LogP contribution in [0.15, 0.2) is 12.1 Å². The Labute approximate surface area is 134 Å². The SMILES string of the molecule is CC1(C(=O)O)CCN(c2cc(F)c(I)cc2[N+](=O)[O-])CC1. The maximum Gasteiger partial charge on any atom is 0.309 e. The lowest BCUT2D eigenvalue weighted by Gasteiger charge is -2.37. The van der Waals surface area contributed by atoms with E-state index in [9.17, 15) is 24.4 Å². The molecule has 0 aliphatic carbocycles. The zero-order valence-corrected chi connectivity index (χ0v) is 13.5. The first-order valence-corrected chi connectivity index (χ1v) is 7.44. The summed E-state index contributed by atoms with van der Waals surface area (Å²) in [4.78, 5) is 23.5. The summed E-state index contributed by atoms with van der Waals surface area (Å²) in [6.45, 7) is 2.36. The Hall–Kier alpha value is -1.45. The molecular weight excluding hydrogens is 394 g/mol. The van der Waals surface area contributed by atoms with Crippen molar-refractivity contribution in [1.82, 2.24) is 0 Å². The molecule has 21 heavy (non-hydrogen) atoms. The normalized spacial score (nSPS) is 17.6. The topological polar surface area (TPSA) is 83.7 Å². The molecule has 0 aromatic heterocycles. The molecular formula is C13H14FIN2O4. The summed E-state index contributed by atoms with van der Waals surface area (Å²) < 4.78 is 13.9. The molecule has 1 aliphatic heterocycles. The molecule has 1 N–H and O–H groups in total. The van der Waals surface area contributed by atoms with E-state index in [1.54, 1.807) is 34.4 Å². The van der Waals surface area contributed by atoms with Crippen LogP contribution in [-0.4, -0.2) is 29.1 Å². The van der Waals surface area contributed by atoms with Gasteiger partial charge < -0.3 is 10.0 Å². The highest BCUT2D eigenvalue weighted by Gasteiger charge is 2.38. The standard InChI is InChI=1S/C13H14FIN2O4/c1-13(12(18)19)2-4-16(5-3-13)10-6-8(14)9(15)7-11(10)17(20)21/h6-7H,2-5H2,1H3,(H,18,19). The summed E-state index contributed by atoms with van der Waals surface area (Å²) in [5, 5.41) is 20.3. The molecule has 1 saturated heterocycles. The molecule has 8 heteroatoms. The molecule has 6 nitrogen and oxygen atoms in total. The summed E-state index contributed by atoms with van der Waals surface area (Å²) in [5.41, 5.74) is -0.766. The maximum atomic E-state index is 13.7. The highest BCUT2D eigenvalue weighted by Crippen LogP contribution is 2.37. The van der Waals surface area contributed by atoms with Crippen LogP contribution in [0.1, 0.15) is 19.8 Å². The average molecular weight is 408 g/mol. The van der Waals surface area contributed by atoms with Gasteiger partial charge in [0.15, 0.2) is 0 Å². The minimum absolute atomic E-state index is 0.153. The zero-order chi connectivity index (χ0) is 15.8. The second kappa shape index (κ2) is 5.74. The summed E-state index contributed by atoms with van der Waals surface area (Å²) in [6.07, 6.45) is 0.736. The first kappa shape index (κ1) is 15.9. The van der Waals surface area contributed by atoms with E-state index in [-0.39, 0.29) is 14.9 Å². The van der Waals surface area contributed by atoms with Crippen molar-refractivity contribution in [2.45, 2.75) is 19.8 Å². The van der Waals surface area contributed by atoms with Crippen LogP contribution in [0, 0.1) is 24.9 Å². The summed E-state index contributed by atoms with van der Waals surface area (Å²) in [5.74, 6) is -1.38. The number of carboxylic acid groups (broad SMARTS) is 1. The van der Waals surface area contributed by atoms with Crippen LogP contribution < -0.4 is 4.90 Å². The van der Waals surface area contributed by atoms with E-state index in [4.69, 9.17) is 0 Å². The molecule has 0 amide bonds. The third kappa shape index (κ3) is 3.09. The second-order valence-corrected chi connectivity index (χ2v) is 6.53. The largest absolute Gasteiger partial charge is 0.481 e. The van der Waals surface area contributed by atoms with Crippen molar-refractivity contribution in [2.24, 2.45) is 5.41 Å². The number of benzene rings is 1. The Morgan fingerprint density at radius 1 is 1.48 bits per heavy atom. The van der Waals surface area contributed by atoms with Gasteiger partial charge in [-0.05, 0) is 42.4 Å². The van der Waals surface area contributed by atoms with E-state index in [2.05, 4.69) is 0 Å². The van der Waals surface area contributed by atoms with E-state index in [1.807, 2.05) is 0 Å². The number of piperidine rings is 1. The van der Waals surface area contributed by atoms with Crippen LogP contribution in [0.4, 0.5) is 15.8 Å². The molecule has 2 rings (SSSR count). The molecule has 0 unspecified atom stereocenters. The van der Waals surface area contributed by atoms with Crippen molar-refractivity contribution in [3.8, 4) is 0 Å². The van der Waals surface area contributed by atoms with E-state index >= 15 is 0 Å². The zero-order valence-electron chi connectivity index (χ0n) is 11.3. The van der Waals surface area contributed by atoms with E-state index in [0.717, 1.165) is 6.07 Å². The van der Waals surface area contributed by atoms with Gasteiger partial charge in [-0.2, -0.15) is 0 Å². The third-order valence-electron chi connectivity index (χ3n) is 3.94. The van der Waals surface area contributed by atoms with Crippen LogP contribution in [0.3, 0.4) is 0 Å². The second-order valence-electron chi connectivity index (χ2n) is 5.37. The van der Waals surface area contributed by atoms with Crippen molar-refractivity contribution in [2.75, 3.05) is 18.0 Å². The summed E-state index contributed by atoms with van der Waals surface area (Å²) in [6, 6.07) is 2.36. The molecule has 0 radical (unpaired) electrons. The predicted molar refractivity (Wildman–Crippen MR) is 83.0 cm³/mol. The molecule has 0 spiro atoms. The molecule has 1 aliphatic rings. The highest BCUT2D eigenvalue weighted by atomic mass is 127. The first-order valence-electron chi connectivity index (χ1n) is 6.36. The van der Waals surface area contributed by atoms with Gasteiger partial charge in [0.25, 0.3) is 5.69 Å². The number of nitro groups is 1. The lowest BCUT2D eigenvalue weighted by Crippen LogP contribution is -2.43. The number of halogens is 2. The van der Waals surface area contributed by atoms with Crippen LogP contribution >= 0.6 is 22.6 Å². The smallest absolute Gasteiger partial charge is 0.309 e. The number of nitrogens with zero attached hydrogens (tertiary/aromatic N) is 2. The van der Waals surface area contributed by atoms with Gasteiger partial charge >= 0.3 is 5.97 Å². The number of anilines is 1. The van der Waals surface area contributed by atoms with Crippen molar-refractivity contribution in [3.63, 3.8) is 0 Å². The fraction of sp³-hybridized carbons (Fsp3) is 0.462. The monoisotopic (exact) mass is 408 g/mol. The van der Waals surface area contributed by atoms with Gasteiger partial charge in [0.1, 0.15) is 11.5 Å².